The molecule has 1 aliphatic rings. The molecule has 1 aliphatic heterocycles. The third-order valence-corrected chi connectivity index (χ3v) is 3.96. The van der Waals surface area contributed by atoms with Crippen LogP contribution in [0.4, 0.5) is 15.8 Å². The van der Waals surface area contributed by atoms with Gasteiger partial charge in [-0.25, -0.2) is 0 Å². The lowest BCUT2D eigenvalue weighted by Crippen LogP contribution is -2.27. The number of benzene rings is 1. The van der Waals surface area contributed by atoms with Crippen molar-refractivity contribution in [3.63, 3.8) is 0 Å². The van der Waals surface area contributed by atoms with Crippen LogP contribution in [-0.2, 0) is 6.42 Å². The molecule has 4 N–H and O–H groups in total. The van der Waals surface area contributed by atoms with Crippen LogP contribution in [0.2, 0.25) is 0 Å². The van der Waals surface area contributed by atoms with Gasteiger partial charge < -0.3 is 21.4 Å². The summed E-state index contributed by atoms with van der Waals surface area (Å²) in [6.45, 7) is 3.50. The maximum absolute atomic E-state index is 13.2. The standard InChI is InChI=1S/C16H20FN4/c1-2-13(8-18)21-14-6-11(12-7-15(17)20-9-12)5-10-3-4-19-16(10)14/h5-7,9,13,20-21H,2-4,8,18H2,1H3/q-1. The Hall–Kier alpha value is -2.01. The molecule has 0 radical (unpaired) electrons. The first-order valence-corrected chi connectivity index (χ1v) is 7.36. The van der Waals surface area contributed by atoms with Gasteiger partial charge in [0.15, 0.2) is 5.95 Å². The summed E-state index contributed by atoms with van der Waals surface area (Å²) in [5.74, 6) is -0.321. The lowest BCUT2D eigenvalue weighted by atomic mass is 10.0. The van der Waals surface area contributed by atoms with Crippen molar-refractivity contribution in [1.29, 1.82) is 0 Å². The van der Waals surface area contributed by atoms with Crippen LogP contribution >= 0.6 is 0 Å². The van der Waals surface area contributed by atoms with E-state index in [0.29, 0.717) is 6.54 Å². The van der Waals surface area contributed by atoms with E-state index in [1.807, 2.05) is 6.07 Å². The molecule has 1 unspecified atom stereocenters. The summed E-state index contributed by atoms with van der Waals surface area (Å²) in [7, 11) is 0. The van der Waals surface area contributed by atoms with Crippen LogP contribution in [0.5, 0.6) is 0 Å². The topological polar surface area (TPSA) is 67.9 Å². The van der Waals surface area contributed by atoms with E-state index in [1.165, 1.54) is 11.6 Å². The second-order valence-corrected chi connectivity index (χ2v) is 5.38. The Balaban J connectivity index is 2.00. The molecular weight excluding hydrogens is 267 g/mol. The van der Waals surface area contributed by atoms with Crippen LogP contribution < -0.4 is 11.1 Å². The Bertz CT molecular complexity index is 631. The largest absolute Gasteiger partial charge is 0.682 e. The molecule has 0 saturated carbocycles. The maximum atomic E-state index is 13.2. The Morgan fingerprint density at radius 1 is 1.38 bits per heavy atom. The van der Waals surface area contributed by atoms with E-state index >= 15 is 0 Å². The van der Waals surface area contributed by atoms with Gasteiger partial charge in [-0.2, -0.15) is 4.39 Å². The molecule has 0 aliphatic carbocycles. The number of hydrogen-bond acceptors (Lipinski definition) is 2. The van der Waals surface area contributed by atoms with Crippen molar-refractivity contribution < 1.29 is 4.39 Å². The van der Waals surface area contributed by atoms with E-state index < -0.39 is 0 Å². The highest BCUT2D eigenvalue weighted by molar-refractivity contribution is 5.84. The Kier molecular flexibility index (Phi) is 3.84. The third kappa shape index (κ3) is 2.74. The average Bonchev–Trinajstić information content (AvgIpc) is 3.12. The van der Waals surface area contributed by atoms with Crippen LogP contribution in [-0.4, -0.2) is 24.1 Å². The number of nitrogens with two attached hydrogens (primary N) is 1. The van der Waals surface area contributed by atoms with Crippen molar-refractivity contribution in [3.8, 4) is 11.1 Å². The first kappa shape index (κ1) is 13.9. The molecule has 2 heterocycles. The summed E-state index contributed by atoms with van der Waals surface area (Å²) in [6, 6.07) is 5.87. The number of H-pyrrole nitrogens is 1. The first-order valence-electron chi connectivity index (χ1n) is 7.36. The zero-order valence-electron chi connectivity index (χ0n) is 12.1. The van der Waals surface area contributed by atoms with Gasteiger partial charge in [0.2, 0.25) is 0 Å². The second-order valence-electron chi connectivity index (χ2n) is 5.38. The third-order valence-electron chi connectivity index (χ3n) is 3.96. The van der Waals surface area contributed by atoms with Crippen molar-refractivity contribution in [1.82, 2.24) is 4.98 Å². The highest BCUT2D eigenvalue weighted by atomic mass is 19.1. The number of nitrogens with zero attached hydrogens (tertiary/aromatic N) is 1. The number of aromatic amines is 1. The molecule has 2 aromatic rings. The molecule has 0 fully saturated rings. The van der Waals surface area contributed by atoms with E-state index in [0.717, 1.165) is 41.9 Å². The fourth-order valence-corrected chi connectivity index (χ4v) is 2.72. The number of aromatic nitrogens is 1. The molecule has 1 aromatic carbocycles. The van der Waals surface area contributed by atoms with Gasteiger partial charge in [0.05, 0.1) is 0 Å². The van der Waals surface area contributed by atoms with Crippen LogP contribution in [0.1, 0.15) is 18.9 Å². The van der Waals surface area contributed by atoms with E-state index in [4.69, 9.17) is 5.73 Å². The van der Waals surface area contributed by atoms with Crippen LogP contribution in [0.25, 0.3) is 16.4 Å². The Morgan fingerprint density at radius 2 is 2.24 bits per heavy atom. The first-order chi connectivity index (χ1) is 10.2. The van der Waals surface area contributed by atoms with Crippen molar-refractivity contribution in [2.75, 3.05) is 18.4 Å². The quantitative estimate of drug-likeness (QED) is 0.787. The molecule has 0 spiro atoms. The molecule has 112 valence electrons. The van der Waals surface area contributed by atoms with Crippen LogP contribution in [0, 0.1) is 5.95 Å². The van der Waals surface area contributed by atoms with E-state index in [1.54, 1.807) is 6.20 Å². The molecular formula is C16H20FN4-. The molecule has 3 rings (SSSR count). The maximum Gasteiger partial charge on any atom is 0.191 e. The van der Waals surface area contributed by atoms with Crippen molar-refractivity contribution in [3.05, 3.63) is 41.2 Å². The number of fused-ring (bicyclic) bond motifs is 1. The smallest absolute Gasteiger partial charge is 0.191 e. The SMILES string of the molecule is CCC(CN)Nc1cc(-c2c[nH]c(F)c2)cc2c1[N-]CC2. The number of hydrogen-bond donors (Lipinski definition) is 3. The van der Waals surface area contributed by atoms with E-state index in [-0.39, 0.29) is 12.0 Å². The van der Waals surface area contributed by atoms with Crippen molar-refractivity contribution in [2.24, 2.45) is 5.73 Å². The van der Waals surface area contributed by atoms with Crippen molar-refractivity contribution >= 4 is 11.4 Å². The number of halogens is 1. The van der Waals surface area contributed by atoms with Gasteiger partial charge in [-0.15, -0.1) is 12.2 Å². The van der Waals surface area contributed by atoms with Gasteiger partial charge in [0.25, 0.3) is 0 Å². The fraction of sp³-hybridized carbons (Fsp3) is 0.375. The highest BCUT2D eigenvalue weighted by Gasteiger charge is 2.13. The summed E-state index contributed by atoms with van der Waals surface area (Å²) in [6.07, 6.45) is 3.58. The molecule has 1 atom stereocenters. The van der Waals surface area contributed by atoms with Gasteiger partial charge >= 0.3 is 0 Å². The second kappa shape index (κ2) is 5.77. The number of nitrogens with one attached hydrogen (secondary N) is 2. The lowest BCUT2D eigenvalue weighted by Gasteiger charge is -2.25. The Morgan fingerprint density at radius 3 is 2.90 bits per heavy atom. The van der Waals surface area contributed by atoms with E-state index in [2.05, 4.69) is 28.6 Å². The van der Waals surface area contributed by atoms with E-state index in [9.17, 15) is 4.39 Å². The van der Waals surface area contributed by atoms with Gasteiger partial charge in [-0.3, -0.25) is 0 Å². The molecule has 1 aromatic heterocycles. The van der Waals surface area contributed by atoms with Crippen LogP contribution in [0.3, 0.4) is 0 Å². The lowest BCUT2D eigenvalue weighted by molar-refractivity contribution is 0.592. The molecule has 5 heteroatoms. The highest BCUT2D eigenvalue weighted by Crippen LogP contribution is 2.42. The summed E-state index contributed by atoms with van der Waals surface area (Å²) in [4.78, 5) is 2.59. The zero-order chi connectivity index (χ0) is 14.8. The van der Waals surface area contributed by atoms with Gasteiger partial charge in [0, 0.05) is 36.1 Å². The minimum Gasteiger partial charge on any atom is -0.682 e. The average molecular weight is 287 g/mol. The molecule has 0 saturated heterocycles. The van der Waals surface area contributed by atoms with Gasteiger partial charge in [-0.1, -0.05) is 18.6 Å². The predicted molar refractivity (Wildman–Crippen MR) is 84.5 cm³/mol. The summed E-state index contributed by atoms with van der Waals surface area (Å²) >= 11 is 0. The summed E-state index contributed by atoms with van der Waals surface area (Å²) < 4.78 is 13.2. The molecule has 4 nitrogen and oxygen atoms in total. The molecule has 0 bridgehead atoms. The number of rotatable bonds is 5. The zero-order valence-corrected chi connectivity index (χ0v) is 12.1. The number of anilines is 1. The summed E-state index contributed by atoms with van der Waals surface area (Å²) in [5.41, 5.74) is 10.9. The Labute approximate surface area is 123 Å². The molecule has 0 amide bonds. The minimum atomic E-state index is -0.321. The van der Waals surface area contributed by atoms with Crippen molar-refractivity contribution in [2.45, 2.75) is 25.8 Å². The monoisotopic (exact) mass is 287 g/mol. The predicted octanol–water partition coefficient (Wildman–Crippen LogP) is 3.53. The van der Waals surface area contributed by atoms with Crippen LogP contribution in [0.15, 0.2) is 24.4 Å². The van der Waals surface area contributed by atoms with Gasteiger partial charge in [-0.05, 0) is 24.5 Å². The summed E-state index contributed by atoms with van der Waals surface area (Å²) in [5, 5.41) is 8.05. The normalized spacial score (nSPS) is 14.6. The fourth-order valence-electron chi connectivity index (χ4n) is 2.72. The molecule has 21 heavy (non-hydrogen) atoms. The minimum absolute atomic E-state index is 0.225. The van der Waals surface area contributed by atoms with Gasteiger partial charge in [0.1, 0.15) is 0 Å².